The van der Waals surface area contributed by atoms with E-state index in [1.807, 2.05) is 0 Å². The monoisotopic (exact) mass is 380 g/mol. The van der Waals surface area contributed by atoms with Crippen molar-refractivity contribution >= 4 is 32.2 Å². The maximum atomic E-state index is 12.6. The van der Waals surface area contributed by atoms with Gasteiger partial charge in [0.05, 0.1) is 10.6 Å². The van der Waals surface area contributed by atoms with Crippen molar-refractivity contribution in [3.63, 3.8) is 0 Å². The summed E-state index contributed by atoms with van der Waals surface area (Å²) < 4.78 is 61.8. The highest BCUT2D eigenvalue weighted by Crippen LogP contribution is 2.34. The van der Waals surface area contributed by atoms with Crippen molar-refractivity contribution in [2.24, 2.45) is 0 Å². The standard InChI is InChI=1S/C12H11F3N4O3S2/c1-3-24(21,22)7-5-4-6-16-8(7)9(20)19(2)11-18-17-10(23-11)12(13,14)15/h4-6H,3H2,1-2H3. The van der Waals surface area contributed by atoms with Gasteiger partial charge in [-0.1, -0.05) is 18.3 Å². The summed E-state index contributed by atoms with van der Waals surface area (Å²) in [4.78, 5) is 16.7. The molecule has 1 amide bonds. The molecule has 0 N–H and O–H groups in total. The van der Waals surface area contributed by atoms with Crippen molar-refractivity contribution < 1.29 is 26.4 Å². The second kappa shape index (κ2) is 6.43. The first kappa shape index (κ1) is 18.3. The van der Waals surface area contributed by atoms with Gasteiger partial charge in [-0.15, -0.1) is 10.2 Å². The molecule has 0 bridgehead atoms. The van der Waals surface area contributed by atoms with Crippen LogP contribution < -0.4 is 4.90 Å². The van der Waals surface area contributed by atoms with Crippen LogP contribution in [0, 0.1) is 0 Å². The summed E-state index contributed by atoms with van der Waals surface area (Å²) in [6.45, 7) is 1.40. The molecule has 2 rings (SSSR count). The number of halogens is 3. The quantitative estimate of drug-likeness (QED) is 0.806. The number of nitrogens with zero attached hydrogens (tertiary/aromatic N) is 4. The average Bonchev–Trinajstić information content (AvgIpc) is 3.03. The fourth-order valence-electron chi connectivity index (χ4n) is 1.67. The van der Waals surface area contributed by atoms with Gasteiger partial charge in [0, 0.05) is 13.2 Å². The predicted molar refractivity (Wildman–Crippen MR) is 79.6 cm³/mol. The zero-order valence-electron chi connectivity index (χ0n) is 12.4. The fraction of sp³-hybridized carbons (Fsp3) is 0.333. The molecule has 24 heavy (non-hydrogen) atoms. The van der Waals surface area contributed by atoms with Gasteiger partial charge >= 0.3 is 6.18 Å². The Labute approximate surface area is 139 Å². The largest absolute Gasteiger partial charge is 0.445 e. The van der Waals surface area contributed by atoms with Gasteiger partial charge in [-0.2, -0.15) is 13.2 Å². The molecule has 0 spiro atoms. The smallest absolute Gasteiger partial charge is 0.284 e. The third kappa shape index (κ3) is 3.53. The van der Waals surface area contributed by atoms with Crippen LogP contribution >= 0.6 is 11.3 Å². The first-order valence-electron chi connectivity index (χ1n) is 6.44. The molecule has 0 unspecified atom stereocenters. The summed E-state index contributed by atoms with van der Waals surface area (Å²) in [6.07, 6.45) is -3.46. The minimum Gasteiger partial charge on any atom is -0.284 e. The number of aromatic nitrogens is 3. The Balaban J connectivity index is 2.41. The summed E-state index contributed by atoms with van der Waals surface area (Å²) in [6, 6.07) is 2.57. The van der Waals surface area contributed by atoms with Crippen LogP contribution in [-0.2, 0) is 16.0 Å². The van der Waals surface area contributed by atoms with E-state index in [1.165, 1.54) is 32.3 Å². The summed E-state index contributed by atoms with van der Waals surface area (Å²) in [7, 11) is -2.56. The van der Waals surface area contributed by atoms with Crippen LogP contribution in [0.5, 0.6) is 0 Å². The molecule has 0 fully saturated rings. The van der Waals surface area contributed by atoms with Crippen molar-refractivity contribution in [3.8, 4) is 0 Å². The number of anilines is 1. The van der Waals surface area contributed by atoms with Crippen LogP contribution in [0.3, 0.4) is 0 Å². The van der Waals surface area contributed by atoms with Gasteiger partial charge < -0.3 is 0 Å². The van der Waals surface area contributed by atoms with E-state index >= 15 is 0 Å². The summed E-state index contributed by atoms with van der Waals surface area (Å²) >= 11 is 0.171. The molecule has 0 aliphatic carbocycles. The SMILES string of the molecule is CCS(=O)(=O)c1cccnc1C(=O)N(C)c1nnc(C(F)(F)F)s1. The Bertz CT molecular complexity index is 864. The highest BCUT2D eigenvalue weighted by Gasteiger charge is 2.37. The summed E-state index contributed by atoms with van der Waals surface area (Å²) in [5, 5.41) is 4.77. The Kier molecular flexibility index (Phi) is 4.90. The van der Waals surface area contributed by atoms with Crippen LogP contribution in [-0.4, -0.2) is 42.3 Å². The van der Waals surface area contributed by atoms with Crippen LogP contribution in [0.4, 0.5) is 18.3 Å². The lowest BCUT2D eigenvalue weighted by molar-refractivity contribution is -0.138. The molecular formula is C12H11F3N4O3S2. The third-order valence-electron chi connectivity index (χ3n) is 2.94. The van der Waals surface area contributed by atoms with Crippen molar-refractivity contribution in [3.05, 3.63) is 29.0 Å². The highest BCUT2D eigenvalue weighted by atomic mass is 32.2. The zero-order valence-corrected chi connectivity index (χ0v) is 14.0. The van der Waals surface area contributed by atoms with E-state index in [0.29, 0.717) is 0 Å². The Morgan fingerprint density at radius 3 is 2.54 bits per heavy atom. The second-order valence-electron chi connectivity index (χ2n) is 4.51. The van der Waals surface area contributed by atoms with Gasteiger partial charge in [-0.05, 0) is 12.1 Å². The lowest BCUT2D eigenvalue weighted by Gasteiger charge is -2.14. The molecule has 2 heterocycles. The molecule has 0 aliphatic heterocycles. The number of pyridine rings is 1. The maximum Gasteiger partial charge on any atom is 0.445 e. The second-order valence-corrected chi connectivity index (χ2v) is 7.71. The molecule has 0 aromatic carbocycles. The van der Waals surface area contributed by atoms with E-state index in [1.54, 1.807) is 0 Å². The Morgan fingerprint density at radius 1 is 1.33 bits per heavy atom. The van der Waals surface area contributed by atoms with Gasteiger partial charge in [-0.25, -0.2) is 13.4 Å². The van der Waals surface area contributed by atoms with Gasteiger partial charge in [0.1, 0.15) is 5.69 Å². The van der Waals surface area contributed by atoms with Gasteiger partial charge in [-0.3, -0.25) is 9.69 Å². The maximum absolute atomic E-state index is 12.6. The zero-order chi connectivity index (χ0) is 18.1. The van der Waals surface area contributed by atoms with Gasteiger partial charge in [0.2, 0.25) is 10.1 Å². The van der Waals surface area contributed by atoms with E-state index in [0.717, 1.165) is 4.90 Å². The molecule has 0 radical (unpaired) electrons. The average molecular weight is 380 g/mol. The number of carbonyl (C=O) groups excluding carboxylic acids is 1. The van der Waals surface area contributed by atoms with Crippen molar-refractivity contribution in [2.45, 2.75) is 18.0 Å². The Morgan fingerprint density at radius 2 is 2.00 bits per heavy atom. The van der Waals surface area contributed by atoms with Gasteiger partial charge in [0.25, 0.3) is 5.91 Å². The molecule has 0 saturated carbocycles. The molecule has 2 aromatic rings. The van der Waals surface area contributed by atoms with Crippen LogP contribution in [0.15, 0.2) is 23.2 Å². The predicted octanol–water partition coefficient (Wildman–Crippen LogP) is 2.02. The number of alkyl halides is 3. The fourth-order valence-corrected chi connectivity index (χ4v) is 3.37. The van der Waals surface area contributed by atoms with Crippen molar-refractivity contribution in [1.82, 2.24) is 15.2 Å². The molecule has 12 heteroatoms. The molecule has 0 saturated heterocycles. The van der Waals surface area contributed by atoms with Crippen LogP contribution in [0.25, 0.3) is 0 Å². The number of sulfone groups is 1. The third-order valence-corrected chi connectivity index (χ3v) is 5.74. The first-order chi connectivity index (χ1) is 11.1. The lowest BCUT2D eigenvalue weighted by Crippen LogP contribution is -2.29. The molecule has 130 valence electrons. The van der Waals surface area contributed by atoms with E-state index in [2.05, 4.69) is 15.2 Å². The number of amides is 1. The number of hydrogen-bond donors (Lipinski definition) is 0. The van der Waals surface area contributed by atoms with Crippen molar-refractivity contribution in [2.75, 3.05) is 17.7 Å². The van der Waals surface area contributed by atoms with Crippen LogP contribution in [0.1, 0.15) is 22.4 Å². The minimum atomic E-state index is -4.68. The van der Waals surface area contributed by atoms with E-state index in [4.69, 9.17) is 0 Å². The summed E-state index contributed by atoms with van der Waals surface area (Å²) in [5.74, 6) is -1.15. The summed E-state index contributed by atoms with van der Waals surface area (Å²) in [5.41, 5.74) is -0.384. The van der Waals surface area contributed by atoms with E-state index in [-0.39, 0.29) is 32.8 Å². The number of carbonyl (C=O) groups is 1. The topological polar surface area (TPSA) is 93.1 Å². The number of hydrogen-bond acceptors (Lipinski definition) is 7. The molecule has 7 nitrogen and oxygen atoms in total. The van der Waals surface area contributed by atoms with Crippen molar-refractivity contribution in [1.29, 1.82) is 0 Å². The van der Waals surface area contributed by atoms with E-state index in [9.17, 15) is 26.4 Å². The van der Waals surface area contributed by atoms with E-state index < -0.39 is 26.9 Å². The first-order valence-corrected chi connectivity index (χ1v) is 8.91. The minimum absolute atomic E-state index is 0.171. The number of rotatable bonds is 4. The molecule has 2 aromatic heterocycles. The lowest BCUT2D eigenvalue weighted by atomic mass is 10.3. The highest BCUT2D eigenvalue weighted by molar-refractivity contribution is 7.91. The molecular weight excluding hydrogens is 369 g/mol. The Hall–Kier alpha value is -2.08. The van der Waals surface area contributed by atoms with Gasteiger partial charge in [0.15, 0.2) is 9.84 Å². The normalized spacial score (nSPS) is 12.2. The molecule has 0 aliphatic rings. The molecule has 0 atom stereocenters. The van der Waals surface area contributed by atoms with Crippen LogP contribution in [0.2, 0.25) is 0 Å².